The molecule has 41 heavy (non-hydrogen) atoms. The van der Waals surface area contributed by atoms with E-state index in [1.165, 1.54) is 48.4 Å². The average Bonchev–Trinajstić information content (AvgIpc) is 2.89. The van der Waals surface area contributed by atoms with Gasteiger partial charge in [-0.3, -0.25) is 13.9 Å². The van der Waals surface area contributed by atoms with Crippen molar-refractivity contribution in [3.05, 3.63) is 94.8 Å². The van der Waals surface area contributed by atoms with Crippen LogP contribution in [0.3, 0.4) is 0 Å². The van der Waals surface area contributed by atoms with Crippen LogP contribution in [0.1, 0.15) is 31.9 Å². The number of hydrogen-bond acceptors (Lipinski definition) is 5. The molecule has 2 amide bonds. The highest BCUT2D eigenvalue weighted by Gasteiger charge is 2.35. The molecule has 220 valence electrons. The van der Waals surface area contributed by atoms with Crippen LogP contribution >= 0.6 is 11.6 Å². The van der Waals surface area contributed by atoms with E-state index in [-0.39, 0.29) is 29.4 Å². The van der Waals surface area contributed by atoms with Gasteiger partial charge in [-0.05, 0) is 62.2 Å². The van der Waals surface area contributed by atoms with Crippen molar-refractivity contribution in [2.75, 3.05) is 24.2 Å². The normalized spacial score (nSPS) is 12.4. The van der Waals surface area contributed by atoms with E-state index in [1.807, 2.05) is 51.1 Å². The van der Waals surface area contributed by atoms with E-state index in [9.17, 15) is 22.4 Å². The number of sulfonamides is 1. The lowest BCUT2D eigenvalue weighted by atomic mass is 10.0. The molecule has 1 N–H and O–H groups in total. The number of anilines is 1. The monoisotopic (exact) mass is 603 g/mol. The van der Waals surface area contributed by atoms with Gasteiger partial charge in [0.05, 0.1) is 19.1 Å². The Labute approximate surface area is 246 Å². The van der Waals surface area contributed by atoms with Crippen molar-refractivity contribution in [3.8, 4) is 5.75 Å². The highest BCUT2D eigenvalue weighted by molar-refractivity contribution is 7.92. The standard InChI is InChI=1S/C30H35ClFN3O5S/c1-30(2,3)33-29(37)26(17-21-9-7-6-8-10-21)34(19-22-11-14-24(32)15-12-22)28(36)20-35(41(5,38)39)25-18-23(31)13-16-27(25)40-4/h6-16,18,26H,17,19-20H2,1-5H3,(H,33,37)/t26-/m1/s1. The predicted octanol–water partition coefficient (Wildman–Crippen LogP) is 4.81. The lowest BCUT2D eigenvalue weighted by Gasteiger charge is -2.35. The minimum absolute atomic E-state index is 0.0710. The highest BCUT2D eigenvalue weighted by Crippen LogP contribution is 2.33. The number of carbonyl (C=O) groups excluding carboxylic acids is 2. The topological polar surface area (TPSA) is 96.0 Å². The van der Waals surface area contributed by atoms with Crippen molar-refractivity contribution in [1.29, 1.82) is 0 Å². The van der Waals surface area contributed by atoms with Gasteiger partial charge in [-0.2, -0.15) is 0 Å². The third-order valence-electron chi connectivity index (χ3n) is 6.12. The predicted molar refractivity (Wildman–Crippen MR) is 159 cm³/mol. The molecular weight excluding hydrogens is 569 g/mol. The van der Waals surface area contributed by atoms with E-state index in [2.05, 4.69) is 5.32 Å². The minimum Gasteiger partial charge on any atom is -0.495 e. The molecule has 1 atom stereocenters. The summed E-state index contributed by atoms with van der Waals surface area (Å²) in [7, 11) is -2.63. The van der Waals surface area contributed by atoms with E-state index in [4.69, 9.17) is 16.3 Å². The molecule has 8 nitrogen and oxygen atoms in total. The molecule has 3 aromatic carbocycles. The second kappa shape index (κ2) is 13.4. The van der Waals surface area contributed by atoms with E-state index in [1.54, 1.807) is 6.07 Å². The number of hydrogen-bond donors (Lipinski definition) is 1. The summed E-state index contributed by atoms with van der Waals surface area (Å²) in [5, 5.41) is 3.20. The fraction of sp³-hybridized carbons (Fsp3) is 0.333. The number of benzene rings is 3. The Hall–Kier alpha value is -3.63. The van der Waals surface area contributed by atoms with Gasteiger partial charge in [-0.25, -0.2) is 12.8 Å². The zero-order valence-electron chi connectivity index (χ0n) is 23.7. The number of carbonyl (C=O) groups is 2. The van der Waals surface area contributed by atoms with Crippen LogP contribution in [0.4, 0.5) is 10.1 Å². The van der Waals surface area contributed by atoms with Crippen LogP contribution in [-0.2, 0) is 32.6 Å². The molecule has 0 spiro atoms. The molecule has 3 aromatic rings. The van der Waals surface area contributed by atoms with Gasteiger partial charge in [0.15, 0.2) is 0 Å². The fourth-order valence-electron chi connectivity index (χ4n) is 4.25. The molecule has 3 rings (SSSR count). The number of nitrogens with zero attached hydrogens (tertiary/aromatic N) is 2. The summed E-state index contributed by atoms with van der Waals surface area (Å²) in [6.45, 7) is 4.78. The van der Waals surface area contributed by atoms with Gasteiger partial charge in [0, 0.05) is 23.5 Å². The molecule has 0 saturated carbocycles. The number of methoxy groups -OCH3 is 1. The smallest absolute Gasteiger partial charge is 0.244 e. The largest absolute Gasteiger partial charge is 0.495 e. The van der Waals surface area contributed by atoms with Crippen LogP contribution in [0.25, 0.3) is 0 Å². The molecule has 0 unspecified atom stereocenters. The maximum atomic E-state index is 14.1. The molecule has 0 radical (unpaired) electrons. The van der Waals surface area contributed by atoms with Crippen molar-refractivity contribution in [2.24, 2.45) is 0 Å². The summed E-state index contributed by atoms with van der Waals surface area (Å²) in [5.74, 6) is -1.31. The maximum absolute atomic E-state index is 14.1. The third kappa shape index (κ3) is 9.19. The Kier molecular flexibility index (Phi) is 10.4. The van der Waals surface area contributed by atoms with E-state index < -0.39 is 45.8 Å². The first kappa shape index (κ1) is 31.9. The summed E-state index contributed by atoms with van der Waals surface area (Å²) in [6.07, 6.45) is 1.13. The second-order valence-electron chi connectivity index (χ2n) is 10.7. The molecule has 11 heteroatoms. The van der Waals surface area contributed by atoms with Crippen LogP contribution in [0.15, 0.2) is 72.8 Å². The Morgan fingerprint density at radius 2 is 1.63 bits per heavy atom. The molecule has 0 fully saturated rings. The van der Waals surface area contributed by atoms with E-state index >= 15 is 0 Å². The van der Waals surface area contributed by atoms with Gasteiger partial charge in [0.2, 0.25) is 21.8 Å². The lowest BCUT2D eigenvalue weighted by molar-refractivity contribution is -0.140. The van der Waals surface area contributed by atoms with Crippen LogP contribution in [0.2, 0.25) is 5.02 Å². The van der Waals surface area contributed by atoms with E-state index in [0.717, 1.165) is 16.1 Å². The van der Waals surface area contributed by atoms with Gasteiger partial charge >= 0.3 is 0 Å². The van der Waals surface area contributed by atoms with Gasteiger partial charge in [-0.15, -0.1) is 0 Å². The molecule has 0 aliphatic rings. The number of halogens is 2. The second-order valence-corrected chi connectivity index (χ2v) is 13.0. The molecule has 0 aliphatic carbocycles. The fourth-order valence-corrected chi connectivity index (χ4v) is 5.26. The Morgan fingerprint density at radius 3 is 2.20 bits per heavy atom. The van der Waals surface area contributed by atoms with Crippen LogP contribution in [0, 0.1) is 5.82 Å². The van der Waals surface area contributed by atoms with Gasteiger partial charge in [0.25, 0.3) is 0 Å². The first-order valence-electron chi connectivity index (χ1n) is 12.9. The molecule has 0 bridgehead atoms. The van der Waals surface area contributed by atoms with E-state index in [0.29, 0.717) is 5.56 Å². The quantitative estimate of drug-likeness (QED) is 0.339. The van der Waals surface area contributed by atoms with Crippen molar-refractivity contribution >= 4 is 39.1 Å². The summed E-state index contributed by atoms with van der Waals surface area (Å²) >= 11 is 6.17. The minimum atomic E-state index is -4.01. The van der Waals surface area contributed by atoms with Gasteiger partial charge < -0.3 is 15.0 Å². The lowest BCUT2D eigenvalue weighted by Crippen LogP contribution is -2.56. The van der Waals surface area contributed by atoms with Crippen molar-refractivity contribution in [2.45, 2.75) is 45.3 Å². The van der Waals surface area contributed by atoms with Crippen LogP contribution in [0.5, 0.6) is 5.75 Å². The summed E-state index contributed by atoms with van der Waals surface area (Å²) in [5.41, 5.74) is 0.836. The SMILES string of the molecule is COc1ccc(Cl)cc1N(CC(=O)N(Cc1ccc(F)cc1)[C@H](Cc1ccccc1)C(=O)NC(C)(C)C)S(C)(=O)=O. The Balaban J connectivity index is 2.11. The first-order chi connectivity index (χ1) is 19.2. The third-order valence-corrected chi connectivity index (χ3v) is 7.49. The summed E-state index contributed by atoms with van der Waals surface area (Å²) in [6, 6.07) is 18.2. The highest BCUT2D eigenvalue weighted by atomic mass is 35.5. The van der Waals surface area contributed by atoms with Gasteiger partial charge in [0.1, 0.15) is 24.2 Å². The number of ether oxygens (including phenoxy) is 1. The molecule has 0 heterocycles. The maximum Gasteiger partial charge on any atom is 0.244 e. The first-order valence-corrected chi connectivity index (χ1v) is 15.1. The van der Waals surface area contributed by atoms with Crippen LogP contribution < -0.4 is 14.4 Å². The zero-order valence-corrected chi connectivity index (χ0v) is 25.3. The van der Waals surface area contributed by atoms with Gasteiger partial charge in [-0.1, -0.05) is 54.1 Å². The van der Waals surface area contributed by atoms with Crippen molar-refractivity contribution < 1.29 is 27.1 Å². The molecular formula is C30H35ClFN3O5S. The van der Waals surface area contributed by atoms with Crippen LogP contribution in [-0.4, -0.2) is 56.6 Å². The molecule has 0 aromatic heterocycles. The molecule has 0 aliphatic heterocycles. The van der Waals surface area contributed by atoms with Crippen molar-refractivity contribution in [3.63, 3.8) is 0 Å². The Morgan fingerprint density at radius 1 is 1.00 bits per heavy atom. The Bertz CT molecular complexity index is 1460. The average molecular weight is 604 g/mol. The van der Waals surface area contributed by atoms with Crippen molar-refractivity contribution in [1.82, 2.24) is 10.2 Å². The zero-order chi connectivity index (χ0) is 30.4. The summed E-state index contributed by atoms with van der Waals surface area (Å²) < 4.78 is 45.9. The number of rotatable bonds is 11. The number of nitrogens with one attached hydrogen (secondary N) is 1. The molecule has 0 saturated heterocycles. The number of amides is 2. The summed E-state index contributed by atoms with van der Waals surface area (Å²) in [4.78, 5) is 29.2.